The highest BCUT2D eigenvalue weighted by Crippen LogP contribution is 2.36. The van der Waals surface area contributed by atoms with Gasteiger partial charge in [-0.2, -0.15) is 0 Å². The molecule has 0 saturated carbocycles. The fourth-order valence-corrected chi connectivity index (χ4v) is 4.40. The summed E-state index contributed by atoms with van der Waals surface area (Å²) in [5.74, 6) is -0.180. The fourth-order valence-electron chi connectivity index (χ4n) is 4.40. The molecule has 2 aromatic heterocycles. The van der Waals surface area contributed by atoms with Crippen molar-refractivity contribution in [1.29, 1.82) is 0 Å². The number of hydrogen-bond acceptors (Lipinski definition) is 4. The van der Waals surface area contributed by atoms with Gasteiger partial charge in [0, 0.05) is 52.1 Å². The third kappa shape index (κ3) is 2.93. The molecule has 1 unspecified atom stereocenters. The second-order valence-corrected chi connectivity index (χ2v) is 7.77. The van der Waals surface area contributed by atoms with Crippen LogP contribution < -0.4 is 15.6 Å². The number of pyridine rings is 2. The summed E-state index contributed by atoms with van der Waals surface area (Å²) in [5, 5.41) is 10.7. The molecule has 1 amide bonds. The van der Waals surface area contributed by atoms with E-state index in [4.69, 9.17) is 0 Å². The number of aromatic nitrogens is 2. The van der Waals surface area contributed by atoms with Crippen LogP contribution in [0.25, 0.3) is 21.5 Å². The van der Waals surface area contributed by atoms with Gasteiger partial charge in [0.1, 0.15) is 11.9 Å². The molecule has 2 aliphatic rings. The van der Waals surface area contributed by atoms with Gasteiger partial charge in [-0.25, -0.2) is 4.98 Å². The zero-order chi connectivity index (χ0) is 21.5. The smallest absolute Gasteiger partial charge is 0.273 e. The first-order chi connectivity index (χ1) is 15.8. The Balaban J connectivity index is 1.38. The van der Waals surface area contributed by atoms with Crippen molar-refractivity contribution in [3.63, 3.8) is 0 Å². The Morgan fingerprint density at radius 2 is 1.91 bits per heavy atom. The summed E-state index contributed by atoms with van der Waals surface area (Å²) < 4.78 is 0. The summed E-state index contributed by atoms with van der Waals surface area (Å²) in [7, 11) is 0. The zero-order valence-electron chi connectivity index (χ0n) is 17.1. The minimum Gasteiger partial charge on any atom is -0.355 e. The quantitative estimate of drug-likeness (QED) is 0.527. The van der Waals surface area contributed by atoms with Crippen LogP contribution in [0.5, 0.6) is 0 Å². The van der Waals surface area contributed by atoms with E-state index in [0.29, 0.717) is 5.70 Å². The Labute approximate surface area is 184 Å². The number of anilines is 1. The van der Waals surface area contributed by atoms with Crippen LogP contribution in [0.4, 0.5) is 5.69 Å². The lowest BCUT2D eigenvalue weighted by atomic mass is 10.1. The molecule has 0 aliphatic carbocycles. The van der Waals surface area contributed by atoms with E-state index in [0.717, 1.165) is 38.5 Å². The SMILES string of the molecule is O=C(Nc1cccc2c[nH+]ccc12)C1=C2C=CC=CN2C(c2cncc3ccccc23)N1. The Kier molecular flexibility index (Phi) is 4.21. The molecule has 6 nitrogen and oxygen atoms in total. The van der Waals surface area contributed by atoms with Crippen molar-refractivity contribution in [1.82, 2.24) is 15.2 Å². The highest BCUT2D eigenvalue weighted by atomic mass is 16.2. The van der Waals surface area contributed by atoms with Gasteiger partial charge in [0.05, 0.1) is 5.70 Å². The lowest BCUT2D eigenvalue weighted by Crippen LogP contribution is -2.28. The molecule has 0 radical (unpaired) electrons. The number of carbonyl (C=O) groups is 1. The lowest BCUT2D eigenvalue weighted by molar-refractivity contribution is -0.375. The Morgan fingerprint density at radius 3 is 2.88 bits per heavy atom. The number of hydrogen-bond donors (Lipinski definition) is 2. The maximum absolute atomic E-state index is 13.4. The van der Waals surface area contributed by atoms with Crippen LogP contribution >= 0.6 is 0 Å². The van der Waals surface area contributed by atoms with E-state index in [2.05, 4.69) is 31.6 Å². The van der Waals surface area contributed by atoms with Gasteiger partial charge in [-0.05, 0) is 29.7 Å². The molecule has 154 valence electrons. The molecule has 6 heteroatoms. The zero-order valence-corrected chi connectivity index (χ0v) is 17.1. The van der Waals surface area contributed by atoms with Crippen LogP contribution in [0.2, 0.25) is 0 Å². The lowest BCUT2D eigenvalue weighted by Gasteiger charge is -2.26. The molecule has 0 fully saturated rings. The number of aromatic amines is 1. The normalized spacial score (nSPS) is 17.0. The number of carbonyl (C=O) groups excluding carboxylic acids is 1. The highest BCUT2D eigenvalue weighted by molar-refractivity contribution is 6.09. The van der Waals surface area contributed by atoms with Gasteiger partial charge in [-0.1, -0.05) is 36.4 Å². The van der Waals surface area contributed by atoms with Crippen molar-refractivity contribution in [3.8, 4) is 0 Å². The first kappa shape index (κ1) is 18.3. The molecule has 0 saturated heterocycles. The predicted molar refractivity (Wildman–Crippen MR) is 124 cm³/mol. The summed E-state index contributed by atoms with van der Waals surface area (Å²) in [6.45, 7) is 0. The minimum absolute atomic E-state index is 0.180. The molecule has 32 heavy (non-hydrogen) atoms. The third-order valence-electron chi connectivity index (χ3n) is 5.90. The van der Waals surface area contributed by atoms with Crippen molar-refractivity contribution in [2.45, 2.75) is 6.17 Å². The number of benzene rings is 2. The number of rotatable bonds is 3. The maximum Gasteiger partial charge on any atom is 0.273 e. The molecule has 2 aromatic carbocycles. The van der Waals surface area contributed by atoms with Crippen molar-refractivity contribution in [2.24, 2.45) is 0 Å². The topological polar surface area (TPSA) is 71.4 Å². The first-order valence-corrected chi connectivity index (χ1v) is 10.5. The summed E-state index contributed by atoms with van der Waals surface area (Å²) in [6.07, 6.45) is 15.1. The van der Waals surface area contributed by atoms with E-state index >= 15 is 0 Å². The molecule has 0 spiro atoms. The monoisotopic (exact) mass is 418 g/mol. The Hall–Kier alpha value is -4.45. The van der Waals surface area contributed by atoms with Gasteiger partial charge < -0.3 is 15.5 Å². The molecule has 4 heterocycles. The predicted octanol–water partition coefficient (Wildman–Crippen LogP) is 4.04. The van der Waals surface area contributed by atoms with E-state index in [1.807, 2.05) is 91.7 Å². The van der Waals surface area contributed by atoms with Gasteiger partial charge in [-0.3, -0.25) is 9.78 Å². The summed E-state index contributed by atoms with van der Waals surface area (Å²) in [5.41, 5.74) is 3.15. The minimum atomic E-state index is -0.229. The molecule has 0 bridgehead atoms. The molecule has 1 atom stereocenters. The van der Waals surface area contributed by atoms with Crippen LogP contribution in [0, 0.1) is 0 Å². The van der Waals surface area contributed by atoms with E-state index in [1.165, 1.54) is 0 Å². The molecule has 6 rings (SSSR count). The van der Waals surface area contributed by atoms with E-state index in [-0.39, 0.29) is 12.1 Å². The molecule has 4 aromatic rings. The van der Waals surface area contributed by atoms with E-state index in [9.17, 15) is 4.79 Å². The van der Waals surface area contributed by atoms with Crippen molar-refractivity contribution in [2.75, 3.05) is 5.32 Å². The number of amides is 1. The van der Waals surface area contributed by atoms with Gasteiger partial charge in [0.15, 0.2) is 12.4 Å². The Bertz CT molecular complexity index is 1460. The maximum atomic E-state index is 13.4. The van der Waals surface area contributed by atoms with Crippen LogP contribution in [0.1, 0.15) is 11.7 Å². The third-order valence-corrected chi connectivity index (χ3v) is 5.90. The largest absolute Gasteiger partial charge is 0.355 e. The fraction of sp³-hybridized carbons (Fsp3) is 0.0385. The van der Waals surface area contributed by atoms with Crippen LogP contribution in [-0.4, -0.2) is 15.8 Å². The van der Waals surface area contributed by atoms with Gasteiger partial charge >= 0.3 is 0 Å². The van der Waals surface area contributed by atoms with Gasteiger partial charge in [0.2, 0.25) is 0 Å². The average molecular weight is 418 g/mol. The molecule has 2 aliphatic heterocycles. The number of fused-ring (bicyclic) bond motifs is 3. The second-order valence-electron chi connectivity index (χ2n) is 7.77. The molecular weight excluding hydrogens is 398 g/mol. The van der Waals surface area contributed by atoms with E-state index < -0.39 is 0 Å². The average Bonchev–Trinajstić information content (AvgIpc) is 3.24. The van der Waals surface area contributed by atoms with Crippen LogP contribution in [0.15, 0.2) is 109 Å². The van der Waals surface area contributed by atoms with Crippen molar-refractivity contribution < 1.29 is 9.78 Å². The summed E-state index contributed by atoms with van der Waals surface area (Å²) in [4.78, 5) is 23.0. The summed E-state index contributed by atoms with van der Waals surface area (Å²) in [6, 6.07) is 16.0. The summed E-state index contributed by atoms with van der Waals surface area (Å²) >= 11 is 0. The number of nitrogens with one attached hydrogen (secondary N) is 3. The van der Waals surface area contributed by atoms with Gasteiger partial charge in [0.25, 0.3) is 5.91 Å². The number of nitrogens with zero attached hydrogens (tertiary/aromatic N) is 2. The Morgan fingerprint density at radius 1 is 1.00 bits per heavy atom. The first-order valence-electron chi connectivity index (χ1n) is 10.5. The highest BCUT2D eigenvalue weighted by Gasteiger charge is 2.35. The molecule has 3 N–H and O–H groups in total. The van der Waals surface area contributed by atoms with Crippen LogP contribution in [0.3, 0.4) is 0 Å². The van der Waals surface area contributed by atoms with Gasteiger partial charge in [-0.15, -0.1) is 0 Å². The standard InChI is InChI=1S/C26H19N5O/c32-26(29-22-9-5-7-18-14-27-12-11-20(18)22)24-23-10-3-4-13-31(23)25(30-24)21-16-28-15-17-6-1-2-8-19(17)21/h1-16,25,30H,(H,29,32)/p+1. The molecular formula is C26H20N5O+. The van der Waals surface area contributed by atoms with Crippen LogP contribution in [-0.2, 0) is 4.79 Å². The number of allylic oxidation sites excluding steroid dienone is 3. The van der Waals surface area contributed by atoms with E-state index in [1.54, 1.807) is 0 Å². The second kappa shape index (κ2) is 7.35. The van der Waals surface area contributed by atoms with Crippen molar-refractivity contribution >= 4 is 33.1 Å². The van der Waals surface area contributed by atoms with Crippen molar-refractivity contribution in [3.05, 3.63) is 115 Å². The number of H-pyrrole nitrogens is 1.